The lowest BCUT2D eigenvalue weighted by Crippen LogP contribution is -2.46. The van der Waals surface area contributed by atoms with Crippen molar-refractivity contribution in [3.8, 4) is 0 Å². The highest BCUT2D eigenvalue weighted by Crippen LogP contribution is 2.34. The van der Waals surface area contributed by atoms with Gasteiger partial charge < -0.3 is 9.47 Å². The van der Waals surface area contributed by atoms with Crippen LogP contribution in [0.25, 0.3) is 0 Å². The molecule has 3 atom stereocenters. The minimum atomic E-state index is -3.55. The van der Waals surface area contributed by atoms with E-state index in [1.165, 1.54) is 10.5 Å². The Morgan fingerprint density at radius 3 is 3.00 bits per heavy atom. The number of aromatic nitrogens is 1. The normalized spacial score (nSPS) is 31.1. The maximum Gasteiger partial charge on any atom is 0.245 e. The molecule has 110 valence electrons. The van der Waals surface area contributed by atoms with Crippen LogP contribution < -0.4 is 0 Å². The highest BCUT2D eigenvalue weighted by atomic mass is 32.2. The average molecular weight is 298 g/mol. The number of sulfonamides is 1. The lowest BCUT2D eigenvalue weighted by molar-refractivity contribution is -0.0304. The molecule has 1 saturated carbocycles. The third kappa shape index (κ3) is 2.24. The lowest BCUT2D eigenvalue weighted by atomic mass is 10.2. The van der Waals surface area contributed by atoms with Crippen molar-refractivity contribution in [3.63, 3.8) is 0 Å². The van der Waals surface area contributed by atoms with Gasteiger partial charge in [0.25, 0.3) is 0 Å². The van der Waals surface area contributed by atoms with Crippen LogP contribution in [0.5, 0.6) is 0 Å². The molecule has 2 heterocycles. The van der Waals surface area contributed by atoms with Gasteiger partial charge in [-0.1, -0.05) is 0 Å². The summed E-state index contributed by atoms with van der Waals surface area (Å²) in [5, 5.41) is 0. The molecule has 0 spiro atoms. The largest absolute Gasteiger partial charge is 0.377 e. The van der Waals surface area contributed by atoms with Gasteiger partial charge in [0, 0.05) is 26.0 Å². The Morgan fingerprint density at radius 2 is 2.30 bits per heavy atom. The van der Waals surface area contributed by atoms with Crippen molar-refractivity contribution in [1.29, 1.82) is 0 Å². The van der Waals surface area contributed by atoms with Crippen LogP contribution in [0.3, 0.4) is 0 Å². The first-order valence-electron chi connectivity index (χ1n) is 6.71. The number of pyridine rings is 1. The fourth-order valence-electron chi connectivity index (χ4n) is 3.10. The lowest BCUT2D eigenvalue weighted by Gasteiger charge is -2.29. The molecule has 0 N–H and O–H groups in total. The summed E-state index contributed by atoms with van der Waals surface area (Å²) in [5.74, 6) is 0. The van der Waals surface area contributed by atoms with Crippen molar-refractivity contribution in [2.75, 3.05) is 20.3 Å². The third-order valence-electron chi connectivity index (χ3n) is 4.02. The molecule has 2 fully saturated rings. The molecule has 20 heavy (non-hydrogen) atoms. The molecule has 0 amide bonds. The highest BCUT2D eigenvalue weighted by Gasteiger charge is 2.46. The van der Waals surface area contributed by atoms with Crippen molar-refractivity contribution >= 4 is 10.0 Å². The predicted octanol–water partition coefficient (Wildman–Crippen LogP) is 0.648. The van der Waals surface area contributed by atoms with E-state index in [1.54, 1.807) is 25.4 Å². The maximum atomic E-state index is 12.8. The Hall–Kier alpha value is -1.02. The minimum Gasteiger partial charge on any atom is -0.377 e. The van der Waals surface area contributed by atoms with E-state index in [9.17, 15) is 8.42 Å². The van der Waals surface area contributed by atoms with Crippen molar-refractivity contribution in [2.45, 2.75) is 36.0 Å². The Kier molecular flexibility index (Phi) is 3.76. The second kappa shape index (κ2) is 5.40. The van der Waals surface area contributed by atoms with Crippen molar-refractivity contribution in [1.82, 2.24) is 9.29 Å². The molecule has 7 heteroatoms. The molecule has 3 unspecified atom stereocenters. The summed E-state index contributed by atoms with van der Waals surface area (Å²) in [5.41, 5.74) is 0. The van der Waals surface area contributed by atoms with E-state index in [2.05, 4.69) is 4.98 Å². The molecule has 2 aliphatic rings. The van der Waals surface area contributed by atoms with Gasteiger partial charge in [0.15, 0.2) is 0 Å². The fourth-order valence-corrected chi connectivity index (χ4v) is 4.71. The number of nitrogens with zero attached hydrogens (tertiary/aromatic N) is 2. The van der Waals surface area contributed by atoms with Crippen LogP contribution in [0.15, 0.2) is 29.4 Å². The van der Waals surface area contributed by atoms with Gasteiger partial charge in [-0.3, -0.25) is 4.98 Å². The van der Waals surface area contributed by atoms with E-state index in [0.717, 1.165) is 12.8 Å². The van der Waals surface area contributed by atoms with Gasteiger partial charge in [-0.2, -0.15) is 4.31 Å². The molecule has 0 radical (unpaired) electrons. The van der Waals surface area contributed by atoms with Crippen LogP contribution >= 0.6 is 0 Å². The smallest absolute Gasteiger partial charge is 0.245 e. The molecule has 1 aliphatic carbocycles. The molecule has 1 aromatic rings. The van der Waals surface area contributed by atoms with E-state index in [-0.39, 0.29) is 23.1 Å². The number of rotatable bonds is 3. The van der Waals surface area contributed by atoms with Gasteiger partial charge in [0.1, 0.15) is 4.90 Å². The van der Waals surface area contributed by atoms with Crippen molar-refractivity contribution in [2.24, 2.45) is 0 Å². The standard InChI is InChI=1S/C13H18N2O4S/c1-18-13-11-4-5-12(13)19-8-7-15(11)20(16,17)10-3-2-6-14-9-10/h2-3,6,9,11-13H,4-5,7-8H2,1H3. The summed E-state index contributed by atoms with van der Waals surface area (Å²) in [6.07, 6.45) is 4.36. The van der Waals surface area contributed by atoms with Crippen LogP contribution in [-0.4, -0.2) is 56.2 Å². The average Bonchev–Trinajstić information content (AvgIpc) is 2.74. The van der Waals surface area contributed by atoms with E-state index in [4.69, 9.17) is 9.47 Å². The first kappa shape index (κ1) is 13.9. The summed E-state index contributed by atoms with van der Waals surface area (Å²) >= 11 is 0. The summed E-state index contributed by atoms with van der Waals surface area (Å²) in [6.45, 7) is 0.763. The molecular weight excluding hydrogens is 280 g/mol. The monoisotopic (exact) mass is 298 g/mol. The minimum absolute atomic E-state index is 0.000835. The zero-order chi connectivity index (χ0) is 14.2. The Bertz CT molecular complexity index is 563. The molecule has 6 nitrogen and oxygen atoms in total. The first-order valence-corrected chi connectivity index (χ1v) is 8.15. The summed E-state index contributed by atoms with van der Waals surface area (Å²) in [7, 11) is -1.94. The van der Waals surface area contributed by atoms with Gasteiger partial charge >= 0.3 is 0 Å². The summed E-state index contributed by atoms with van der Waals surface area (Å²) in [4.78, 5) is 4.12. The van der Waals surface area contributed by atoms with Gasteiger partial charge in [0.05, 0.1) is 24.9 Å². The van der Waals surface area contributed by atoms with Gasteiger partial charge in [-0.15, -0.1) is 0 Å². The molecule has 3 rings (SSSR count). The number of ether oxygens (including phenoxy) is 2. The van der Waals surface area contributed by atoms with Crippen LogP contribution in [0, 0.1) is 0 Å². The zero-order valence-electron chi connectivity index (χ0n) is 11.3. The van der Waals surface area contributed by atoms with Crippen molar-refractivity contribution < 1.29 is 17.9 Å². The molecule has 1 aliphatic heterocycles. The molecule has 1 saturated heterocycles. The number of hydrogen-bond donors (Lipinski definition) is 0. The van der Waals surface area contributed by atoms with Crippen LogP contribution in [0.4, 0.5) is 0 Å². The predicted molar refractivity (Wildman–Crippen MR) is 71.7 cm³/mol. The van der Waals surface area contributed by atoms with E-state index < -0.39 is 10.0 Å². The first-order chi connectivity index (χ1) is 9.64. The topological polar surface area (TPSA) is 68.7 Å². The Labute approximate surface area is 118 Å². The summed E-state index contributed by atoms with van der Waals surface area (Å²) < 4.78 is 38.2. The van der Waals surface area contributed by atoms with E-state index in [0.29, 0.717) is 13.2 Å². The van der Waals surface area contributed by atoms with Gasteiger partial charge in [-0.25, -0.2) is 8.42 Å². The van der Waals surface area contributed by atoms with Crippen LogP contribution in [-0.2, 0) is 19.5 Å². The number of fused-ring (bicyclic) bond motifs is 2. The molecule has 0 aromatic carbocycles. The quantitative estimate of drug-likeness (QED) is 0.819. The maximum absolute atomic E-state index is 12.8. The van der Waals surface area contributed by atoms with Crippen molar-refractivity contribution in [3.05, 3.63) is 24.5 Å². The van der Waals surface area contributed by atoms with Gasteiger partial charge in [0.2, 0.25) is 10.0 Å². The second-order valence-electron chi connectivity index (χ2n) is 5.06. The fraction of sp³-hybridized carbons (Fsp3) is 0.615. The molecule has 2 bridgehead atoms. The summed E-state index contributed by atoms with van der Waals surface area (Å²) in [6, 6.07) is 3.05. The Morgan fingerprint density at radius 1 is 1.45 bits per heavy atom. The zero-order valence-corrected chi connectivity index (χ0v) is 12.1. The Balaban J connectivity index is 1.96. The molecular formula is C13H18N2O4S. The van der Waals surface area contributed by atoms with Crippen LogP contribution in [0.2, 0.25) is 0 Å². The number of hydrogen-bond acceptors (Lipinski definition) is 5. The van der Waals surface area contributed by atoms with E-state index in [1.807, 2.05) is 0 Å². The second-order valence-corrected chi connectivity index (χ2v) is 6.95. The van der Waals surface area contributed by atoms with E-state index >= 15 is 0 Å². The third-order valence-corrected chi connectivity index (χ3v) is 5.93. The highest BCUT2D eigenvalue weighted by molar-refractivity contribution is 7.89. The number of methoxy groups -OCH3 is 1. The van der Waals surface area contributed by atoms with Crippen LogP contribution in [0.1, 0.15) is 12.8 Å². The van der Waals surface area contributed by atoms with Gasteiger partial charge in [-0.05, 0) is 25.0 Å². The molecule has 1 aromatic heterocycles. The SMILES string of the molecule is COC1C2CCC1N(S(=O)(=O)c1cccnc1)CCO2.